The van der Waals surface area contributed by atoms with Crippen LogP contribution in [-0.4, -0.2) is 129 Å². The van der Waals surface area contributed by atoms with Gasteiger partial charge in [0.2, 0.25) is 49.3 Å². The van der Waals surface area contributed by atoms with Gasteiger partial charge in [0.25, 0.3) is 0 Å². The predicted molar refractivity (Wildman–Crippen MR) is 221 cm³/mol. The molecule has 5 rings (SSSR count). The average molecular weight is 920 g/mol. The lowest BCUT2D eigenvalue weighted by Crippen LogP contribution is -2.41. The first-order chi connectivity index (χ1) is 30.0. The Morgan fingerprint density at radius 1 is 0.578 bits per heavy atom. The second kappa shape index (κ2) is 32.0. The highest BCUT2D eigenvalue weighted by atomic mass is 16.6. The van der Waals surface area contributed by atoms with Crippen molar-refractivity contribution < 1.29 is 79.4 Å². The number of carboxylic acids is 4. The van der Waals surface area contributed by atoms with Gasteiger partial charge in [0.15, 0.2) is 0 Å². The van der Waals surface area contributed by atoms with Gasteiger partial charge in [-0.3, -0.25) is 45.3 Å². The normalized spacial score (nSPS) is 18.1. The van der Waals surface area contributed by atoms with Gasteiger partial charge in [-0.05, 0) is 29.2 Å². The summed E-state index contributed by atoms with van der Waals surface area (Å²) in [4.78, 5) is 88.1. The Bertz CT molecular complexity index is 1500. The maximum Gasteiger partial charge on any atom is 0.368 e. The van der Waals surface area contributed by atoms with E-state index < -0.39 is 75.1 Å². The summed E-state index contributed by atoms with van der Waals surface area (Å²) in [5.74, 6) is -4.69. The van der Waals surface area contributed by atoms with E-state index in [1.165, 1.54) is 24.8 Å². The van der Waals surface area contributed by atoms with Crippen LogP contribution in [0.5, 0.6) is 0 Å². The van der Waals surface area contributed by atoms with Crippen LogP contribution in [0, 0.1) is 64.1 Å². The zero-order valence-corrected chi connectivity index (χ0v) is 35.3. The Morgan fingerprint density at radius 3 is 1.02 bits per heavy atom. The van der Waals surface area contributed by atoms with E-state index in [1.807, 2.05) is 30.3 Å². The summed E-state index contributed by atoms with van der Waals surface area (Å²) in [6, 6.07) is 5.90. The third-order valence-corrected chi connectivity index (χ3v) is 11.2. The third-order valence-electron chi connectivity index (χ3n) is 11.2. The van der Waals surface area contributed by atoms with Gasteiger partial charge in [0.1, 0.15) is 0 Å². The van der Waals surface area contributed by atoms with Crippen molar-refractivity contribution in [2.24, 2.45) is 29.4 Å². The second-order valence-corrected chi connectivity index (χ2v) is 15.8. The van der Waals surface area contributed by atoms with Crippen molar-refractivity contribution in [1.82, 2.24) is 0 Å². The van der Waals surface area contributed by atoms with Gasteiger partial charge in [0, 0.05) is 51.9 Å². The fourth-order valence-electron chi connectivity index (χ4n) is 6.38. The summed E-state index contributed by atoms with van der Waals surface area (Å²) in [5, 5.41) is 101. The minimum atomic E-state index is -1.88. The molecule has 1 aromatic carbocycles. The zero-order valence-electron chi connectivity index (χ0n) is 35.3. The molecule has 4 aliphatic rings. The molecule has 1 aromatic rings. The van der Waals surface area contributed by atoms with Crippen molar-refractivity contribution in [2.75, 3.05) is 6.54 Å². The van der Waals surface area contributed by atoms with Gasteiger partial charge in [-0.15, -0.1) is 0 Å². The summed E-state index contributed by atoms with van der Waals surface area (Å²) in [5.41, 5.74) is 6.54. The van der Waals surface area contributed by atoms with E-state index in [0.29, 0.717) is 12.5 Å². The standard InChI is InChI=1S/3C8H13NO5.C7H9N.C6H11NO2.C2H2O3/c3*10-7(8(11)12)6(9(13)14)4-5-2-1-3-5;8-6-7-4-2-1-3-5-7;8-7(9)5-4-6-2-1-3-6;3-1-2(4)5/h3*5-7,10H,1-4H2,(H,11,12);1-5H,6,8H2;6H,1-5H2;1H,(H,4,5)/t2*6-,7+;6-,7-;;;/m001.../s1. The molecule has 0 spiro atoms. The first kappa shape index (κ1) is 58.2. The fraction of sp³-hybridized carbons (Fsp3) is 0.718. The highest BCUT2D eigenvalue weighted by molar-refractivity contribution is 6.19. The minimum Gasteiger partial charge on any atom is -0.479 e. The number of carbonyl (C=O) groups excluding carboxylic acids is 1. The van der Waals surface area contributed by atoms with Crippen LogP contribution in [0.3, 0.4) is 0 Å². The largest absolute Gasteiger partial charge is 0.479 e. The van der Waals surface area contributed by atoms with E-state index in [9.17, 15) is 54.8 Å². The van der Waals surface area contributed by atoms with E-state index in [-0.39, 0.29) is 54.8 Å². The summed E-state index contributed by atoms with van der Waals surface area (Å²) >= 11 is 0. The summed E-state index contributed by atoms with van der Waals surface area (Å²) < 4.78 is 0. The smallest absolute Gasteiger partial charge is 0.368 e. The molecule has 0 radical (unpaired) electrons. The SMILES string of the molecule is NCc1ccccc1.O=C(O)[C@H](O)[C@@H](CC1CCC1)[N+](=O)[O-].O=C(O)[C@H](O)[C@H](CC1CCC1)[N+](=O)[O-].O=C(O)[C@H](O)[C@H](CC1CCC1)[N+](=O)[O-].O=CC(=O)O.O=[N+]([O-])CCC1CCC1. The number of aliphatic hydroxyl groups is 3. The zero-order chi connectivity index (χ0) is 48.9. The number of nitro groups is 4. The lowest BCUT2D eigenvalue weighted by molar-refractivity contribution is -0.534. The first-order valence-corrected chi connectivity index (χ1v) is 20.7. The number of aldehydes is 1. The number of rotatable bonds is 20. The molecule has 25 nitrogen and oxygen atoms in total. The number of carbonyl (C=O) groups is 5. The molecular weight excluding hydrogens is 858 g/mol. The maximum atomic E-state index is 10.5. The monoisotopic (exact) mass is 919 g/mol. The van der Waals surface area contributed by atoms with Crippen LogP contribution >= 0.6 is 0 Å². The number of aliphatic carboxylic acids is 4. The van der Waals surface area contributed by atoms with Crippen molar-refractivity contribution >= 4 is 30.2 Å². The third kappa shape index (κ3) is 24.7. The highest BCUT2D eigenvalue weighted by Gasteiger charge is 2.40. The quantitative estimate of drug-likeness (QED) is 0.0403. The van der Waals surface area contributed by atoms with Crippen molar-refractivity contribution in [3.8, 4) is 0 Å². The molecule has 6 atom stereocenters. The molecule has 64 heavy (non-hydrogen) atoms. The lowest BCUT2D eigenvalue weighted by atomic mass is 9.80. The van der Waals surface area contributed by atoms with Crippen molar-refractivity contribution in [1.29, 1.82) is 0 Å². The fourth-order valence-corrected chi connectivity index (χ4v) is 6.38. The van der Waals surface area contributed by atoms with Gasteiger partial charge < -0.3 is 41.5 Å². The van der Waals surface area contributed by atoms with Crippen LogP contribution in [-0.2, 0) is 30.5 Å². The van der Waals surface area contributed by atoms with Gasteiger partial charge >= 0.3 is 23.9 Å². The Hall–Kier alpha value is -5.79. The summed E-state index contributed by atoms with van der Waals surface area (Å²) in [7, 11) is 0. The molecule has 0 amide bonds. The Balaban J connectivity index is 0.000000765. The van der Waals surface area contributed by atoms with Crippen LogP contribution in [0.25, 0.3) is 0 Å². The van der Waals surface area contributed by atoms with Crippen molar-refractivity contribution in [3.05, 3.63) is 76.4 Å². The number of hydrogen-bond donors (Lipinski definition) is 8. The first-order valence-electron chi connectivity index (χ1n) is 20.7. The molecule has 4 fully saturated rings. The Labute approximate surface area is 367 Å². The molecule has 4 saturated carbocycles. The maximum absolute atomic E-state index is 10.5. The Kier molecular flexibility index (Phi) is 29.1. The van der Waals surface area contributed by atoms with Gasteiger partial charge in [0.05, 0.1) is 0 Å². The van der Waals surface area contributed by atoms with E-state index in [0.717, 1.165) is 64.2 Å². The van der Waals surface area contributed by atoms with E-state index in [1.54, 1.807) is 0 Å². The second-order valence-electron chi connectivity index (χ2n) is 15.8. The molecule has 4 aliphatic carbocycles. The topological polar surface area (TPSA) is 426 Å². The molecule has 0 saturated heterocycles. The highest BCUT2D eigenvalue weighted by Crippen LogP contribution is 2.33. The predicted octanol–water partition coefficient (Wildman–Crippen LogP) is 2.67. The average Bonchev–Trinajstić information content (AvgIpc) is 3.16. The molecule has 0 aliphatic heterocycles. The van der Waals surface area contributed by atoms with E-state index in [4.69, 9.17) is 51.1 Å². The van der Waals surface area contributed by atoms with E-state index >= 15 is 0 Å². The van der Waals surface area contributed by atoms with Crippen molar-refractivity contribution in [2.45, 2.75) is 146 Å². The molecule has 0 aromatic heterocycles. The number of benzene rings is 1. The number of aliphatic hydroxyl groups excluding tert-OH is 3. The Morgan fingerprint density at radius 2 is 0.859 bits per heavy atom. The number of carboxylic acid groups (broad SMARTS) is 4. The van der Waals surface area contributed by atoms with Gasteiger partial charge in [-0.1, -0.05) is 107 Å². The molecule has 0 heterocycles. The number of nitrogens with zero attached hydrogens (tertiary/aromatic N) is 4. The lowest BCUT2D eigenvalue weighted by Gasteiger charge is -2.26. The van der Waals surface area contributed by atoms with Crippen LogP contribution in [0.15, 0.2) is 30.3 Å². The molecule has 25 heteroatoms. The van der Waals surface area contributed by atoms with Gasteiger partial charge in [-0.2, -0.15) is 0 Å². The number of hydrogen-bond acceptors (Lipinski definition) is 17. The van der Waals surface area contributed by atoms with E-state index in [2.05, 4.69) is 0 Å². The summed E-state index contributed by atoms with van der Waals surface area (Å²) in [6.45, 7) is 0.811. The van der Waals surface area contributed by atoms with Crippen LogP contribution in [0.1, 0.15) is 108 Å². The van der Waals surface area contributed by atoms with Crippen LogP contribution < -0.4 is 5.73 Å². The minimum absolute atomic E-state index is 0.167. The molecule has 0 bridgehead atoms. The number of nitrogens with two attached hydrogens (primary N) is 1. The van der Waals surface area contributed by atoms with Gasteiger partial charge in [-0.25, -0.2) is 19.2 Å². The van der Waals surface area contributed by atoms with Crippen LogP contribution in [0.4, 0.5) is 0 Å². The molecule has 0 unspecified atom stereocenters. The van der Waals surface area contributed by atoms with Crippen molar-refractivity contribution in [3.63, 3.8) is 0 Å². The summed E-state index contributed by atoms with van der Waals surface area (Å²) in [6.07, 6.45) is 7.71. The molecule has 9 N–H and O–H groups in total. The molecule has 362 valence electrons. The van der Waals surface area contributed by atoms with Crippen LogP contribution in [0.2, 0.25) is 0 Å². The molecular formula is C39H61N5O20.